The van der Waals surface area contributed by atoms with Crippen LogP contribution in [-0.2, 0) is 19.0 Å². The molecular formula is C18H28F2O6. The number of hydrogen-bond acceptors (Lipinski definition) is 6. The maximum Gasteiger partial charge on any atom is 0.377 e. The van der Waals surface area contributed by atoms with Crippen molar-refractivity contribution >= 4 is 5.97 Å². The van der Waals surface area contributed by atoms with Crippen LogP contribution in [0.4, 0.5) is 8.78 Å². The van der Waals surface area contributed by atoms with Crippen molar-refractivity contribution in [2.45, 2.75) is 58.4 Å². The van der Waals surface area contributed by atoms with Gasteiger partial charge >= 0.3 is 11.9 Å². The molecule has 2 saturated carbocycles. The van der Waals surface area contributed by atoms with Gasteiger partial charge in [-0.2, -0.15) is 8.78 Å². The number of aliphatic hydroxyl groups excluding tert-OH is 2. The van der Waals surface area contributed by atoms with Crippen molar-refractivity contribution in [3.05, 3.63) is 0 Å². The molecule has 3 atom stereocenters. The lowest BCUT2D eigenvalue weighted by atomic mass is 9.68. The Kier molecular flexibility index (Phi) is 4.47. The normalized spacial score (nSPS) is 37.1. The zero-order chi connectivity index (χ0) is 19.6. The largest absolute Gasteiger partial charge is 0.452 e. The highest BCUT2D eigenvalue weighted by Crippen LogP contribution is 2.72. The van der Waals surface area contributed by atoms with E-state index in [2.05, 4.69) is 0 Å². The van der Waals surface area contributed by atoms with Gasteiger partial charge in [0.15, 0.2) is 6.10 Å². The lowest BCUT2D eigenvalue weighted by Crippen LogP contribution is -2.65. The van der Waals surface area contributed by atoms with Crippen LogP contribution in [0.2, 0.25) is 0 Å². The second-order valence-corrected chi connectivity index (χ2v) is 8.97. The van der Waals surface area contributed by atoms with Crippen LogP contribution in [0.5, 0.6) is 0 Å². The van der Waals surface area contributed by atoms with E-state index in [4.69, 9.17) is 14.2 Å². The van der Waals surface area contributed by atoms with Crippen LogP contribution < -0.4 is 0 Å². The van der Waals surface area contributed by atoms with E-state index in [0.717, 1.165) is 12.8 Å². The van der Waals surface area contributed by atoms with Gasteiger partial charge in [-0.1, -0.05) is 20.8 Å². The van der Waals surface area contributed by atoms with Crippen molar-refractivity contribution in [2.24, 2.45) is 22.2 Å². The first-order valence-electron chi connectivity index (χ1n) is 8.98. The molecule has 0 aromatic heterocycles. The van der Waals surface area contributed by atoms with Gasteiger partial charge in [0.25, 0.3) is 0 Å². The molecule has 2 N–H and O–H groups in total. The highest BCUT2D eigenvalue weighted by molar-refractivity contribution is 5.77. The number of hydrogen-bond donors (Lipinski definition) is 2. The maximum atomic E-state index is 13.5. The number of carbonyl (C=O) groups is 1. The van der Waals surface area contributed by atoms with Gasteiger partial charge in [0.05, 0.1) is 31.8 Å². The molecule has 26 heavy (non-hydrogen) atoms. The molecule has 1 saturated heterocycles. The predicted octanol–water partition coefficient (Wildman–Crippen LogP) is 1.72. The predicted molar refractivity (Wildman–Crippen MR) is 86.4 cm³/mol. The number of fused-ring (bicyclic) bond motifs is 3. The number of halogens is 2. The molecule has 0 aromatic rings. The van der Waals surface area contributed by atoms with Crippen LogP contribution in [-0.4, -0.2) is 60.4 Å². The molecule has 1 spiro atoms. The van der Waals surface area contributed by atoms with Gasteiger partial charge in [-0.05, 0) is 18.3 Å². The van der Waals surface area contributed by atoms with E-state index >= 15 is 0 Å². The zero-order valence-corrected chi connectivity index (χ0v) is 15.7. The molecule has 3 unspecified atom stereocenters. The summed E-state index contributed by atoms with van der Waals surface area (Å²) in [5.74, 6) is -6.76. The Bertz CT molecular complexity index is 573. The molecular weight excluding hydrogens is 350 g/mol. The first kappa shape index (κ1) is 19.9. The Morgan fingerprint density at radius 3 is 2.19 bits per heavy atom. The van der Waals surface area contributed by atoms with Crippen LogP contribution in [0.15, 0.2) is 0 Å². The highest BCUT2D eigenvalue weighted by Gasteiger charge is 2.78. The van der Waals surface area contributed by atoms with Crippen molar-refractivity contribution in [2.75, 3.05) is 26.4 Å². The van der Waals surface area contributed by atoms with Crippen molar-refractivity contribution in [3.8, 4) is 0 Å². The number of aliphatic hydroxyl groups is 2. The van der Waals surface area contributed by atoms with Crippen LogP contribution in [0, 0.1) is 22.2 Å². The number of carbonyl (C=O) groups excluding carboxylic acids is 1. The number of ether oxygens (including phenoxy) is 3. The SMILES string of the molecule is CC(F)(F)C(=O)OC1C2CCC(C)(C2(C)C)C12OCC(CO)(CO)CO2. The molecule has 0 aromatic carbocycles. The van der Waals surface area contributed by atoms with Crippen molar-refractivity contribution in [3.63, 3.8) is 0 Å². The van der Waals surface area contributed by atoms with Crippen molar-refractivity contribution in [1.29, 1.82) is 0 Å². The lowest BCUT2D eigenvalue weighted by molar-refractivity contribution is -0.382. The summed E-state index contributed by atoms with van der Waals surface area (Å²) in [7, 11) is 0. The number of esters is 1. The van der Waals surface area contributed by atoms with E-state index in [-0.39, 0.29) is 37.8 Å². The number of rotatable bonds is 4. The second-order valence-electron chi connectivity index (χ2n) is 8.97. The maximum absolute atomic E-state index is 13.5. The second kappa shape index (κ2) is 5.83. The van der Waals surface area contributed by atoms with Crippen LogP contribution in [0.3, 0.4) is 0 Å². The Balaban J connectivity index is 1.97. The summed E-state index contributed by atoms with van der Waals surface area (Å²) in [5.41, 5.74) is -1.88. The molecule has 0 amide bonds. The Morgan fingerprint density at radius 1 is 1.19 bits per heavy atom. The third-order valence-electron chi connectivity index (χ3n) is 7.26. The van der Waals surface area contributed by atoms with Gasteiger partial charge in [-0.3, -0.25) is 0 Å². The molecule has 3 rings (SSSR count). The summed E-state index contributed by atoms with van der Waals surface area (Å²) in [6.07, 6.45) is 0.494. The van der Waals surface area contributed by atoms with Gasteiger partial charge in [0, 0.05) is 18.3 Å². The van der Waals surface area contributed by atoms with E-state index < -0.39 is 34.6 Å². The average Bonchev–Trinajstić information content (AvgIpc) is 2.88. The van der Waals surface area contributed by atoms with Crippen LogP contribution >= 0.6 is 0 Å². The molecule has 3 aliphatic rings. The molecule has 1 aliphatic heterocycles. The topological polar surface area (TPSA) is 85.2 Å². The minimum Gasteiger partial charge on any atom is -0.452 e. The van der Waals surface area contributed by atoms with E-state index in [1.54, 1.807) is 0 Å². The van der Waals surface area contributed by atoms with E-state index in [9.17, 15) is 23.8 Å². The molecule has 0 radical (unpaired) electrons. The monoisotopic (exact) mass is 378 g/mol. The standard InChI is InChI=1S/C18H28F2O6/c1-14(2)11-5-6-15(14,3)18(12(11)26-13(23)16(4,19)20)24-9-17(7-21,8-22)10-25-18/h11-12,21-22H,5-10H2,1-4H3. The molecule has 6 nitrogen and oxygen atoms in total. The van der Waals surface area contributed by atoms with Gasteiger partial charge in [-0.15, -0.1) is 0 Å². The van der Waals surface area contributed by atoms with Gasteiger partial charge in [0.2, 0.25) is 5.79 Å². The Hall–Kier alpha value is -0.830. The molecule has 150 valence electrons. The molecule has 2 bridgehead atoms. The summed E-state index contributed by atoms with van der Waals surface area (Å²) < 4.78 is 44.3. The number of alkyl halides is 2. The van der Waals surface area contributed by atoms with Crippen LogP contribution in [0.1, 0.15) is 40.5 Å². The zero-order valence-electron chi connectivity index (χ0n) is 15.7. The lowest BCUT2D eigenvalue weighted by Gasteiger charge is -2.54. The van der Waals surface area contributed by atoms with E-state index in [1.165, 1.54) is 0 Å². The summed E-state index contributed by atoms with van der Waals surface area (Å²) in [4.78, 5) is 11.9. The fraction of sp³-hybridized carbons (Fsp3) is 0.944. The quantitative estimate of drug-likeness (QED) is 0.725. The van der Waals surface area contributed by atoms with Gasteiger partial charge < -0.3 is 24.4 Å². The summed E-state index contributed by atoms with van der Waals surface area (Å²) in [5, 5.41) is 19.2. The Labute approximate surface area is 151 Å². The van der Waals surface area contributed by atoms with E-state index in [0.29, 0.717) is 6.92 Å². The minimum atomic E-state index is -3.61. The third kappa shape index (κ3) is 2.38. The first-order chi connectivity index (χ1) is 11.9. The van der Waals surface area contributed by atoms with Crippen molar-refractivity contribution < 1.29 is 38.0 Å². The van der Waals surface area contributed by atoms with Gasteiger partial charge in [0.1, 0.15) is 0 Å². The highest BCUT2D eigenvalue weighted by atomic mass is 19.3. The first-order valence-corrected chi connectivity index (χ1v) is 8.98. The molecule has 2 aliphatic carbocycles. The smallest absolute Gasteiger partial charge is 0.377 e. The van der Waals surface area contributed by atoms with Crippen molar-refractivity contribution in [1.82, 2.24) is 0 Å². The minimum absolute atomic E-state index is 0.00500. The summed E-state index contributed by atoms with van der Waals surface area (Å²) in [6, 6.07) is 0. The Morgan fingerprint density at radius 2 is 1.73 bits per heavy atom. The molecule has 3 fully saturated rings. The third-order valence-corrected chi connectivity index (χ3v) is 7.26. The summed E-state index contributed by atoms with van der Waals surface area (Å²) in [6.45, 7) is 5.82. The fourth-order valence-electron chi connectivity index (χ4n) is 4.97. The van der Waals surface area contributed by atoms with Crippen LogP contribution in [0.25, 0.3) is 0 Å². The molecule has 1 heterocycles. The molecule has 8 heteroatoms. The van der Waals surface area contributed by atoms with E-state index in [1.807, 2.05) is 20.8 Å². The van der Waals surface area contributed by atoms with Gasteiger partial charge in [-0.25, -0.2) is 4.79 Å². The fourth-order valence-corrected chi connectivity index (χ4v) is 4.97. The summed E-state index contributed by atoms with van der Waals surface area (Å²) >= 11 is 0. The average molecular weight is 378 g/mol.